The SMILES string of the molecule is CNc1ncc(C)c(N2CCOC(CO)C2)n1. The van der Waals surface area contributed by atoms with E-state index >= 15 is 0 Å². The van der Waals surface area contributed by atoms with Crippen molar-refractivity contribution in [2.45, 2.75) is 13.0 Å². The highest BCUT2D eigenvalue weighted by molar-refractivity contribution is 5.49. The van der Waals surface area contributed by atoms with E-state index in [-0.39, 0.29) is 12.7 Å². The average molecular weight is 238 g/mol. The Morgan fingerprint density at radius 1 is 1.65 bits per heavy atom. The molecule has 1 aliphatic rings. The Balaban J connectivity index is 2.20. The predicted octanol–water partition coefficient (Wildman–Crippen LogP) is 0.0242. The summed E-state index contributed by atoms with van der Waals surface area (Å²) in [5, 5.41) is 12.1. The molecule has 1 aromatic heterocycles. The highest BCUT2D eigenvalue weighted by Crippen LogP contribution is 2.20. The van der Waals surface area contributed by atoms with Gasteiger partial charge in [-0.05, 0) is 6.92 Å². The van der Waals surface area contributed by atoms with Crippen LogP contribution in [0.1, 0.15) is 5.56 Å². The third-order valence-corrected chi connectivity index (χ3v) is 2.81. The summed E-state index contributed by atoms with van der Waals surface area (Å²) < 4.78 is 5.42. The van der Waals surface area contributed by atoms with Gasteiger partial charge in [0.05, 0.1) is 19.3 Å². The smallest absolute Gasteiger partial charge is 0.224 e. The molecule has 1 fully saturated rings. The molecule has 0 bridgehead atoms. The molecule has 2 N–H and O–H groups in total. The third kappa shape index (κ3) is 2.65. The van der Waals surface area contributed by atoms with Crippen LogP contribution in [-0.4, -0.2) is 54.5 Å². The van der Waals surface area contributed by atoms with Gasteiger partial charge in [-0.25, -0.2) is 4.98 Å². The Morgan fingerprint density at radius 2 is 2.47 bits per heavy atom. The lowest BCUT2D eigenvalue weighted by Gasteiger charge is -2.33. The lowest BCUT2D eigenvalue weighted by atomic mass is 10.2. The molecule has 0 aromatic carbocycles. The van der Waals surface area contributed by atoms with Gasteiger partial charge in [0.15, 0.2) is 0 Å². The van der Waals surface area contributed by atoms with Gasteiger partial charge in [-0.2, -0.15) is 4.98 Å². The zero-order valence-electron chi connectivity index (χ0n) is 10.2. The maximum Gasteiger partial charge on any atom is 0.224 e. The minimum atomic E-state index is -0.129. The number of rotatable bonds is 3. The van der Waals surface area contributed by atoms with E-state index < -0.39 is 0 Å². The van der Waals surface area contributed by atoms with Crippen LogP contribution in [0.2, 0.25) is 0 Å². The zero-order valence-corrected chi connectivity index (χ0v) is 10.2. The van der Waals surface area contributed by atoms with Crippen LogP contribution in [0.3, 0.4) is 0 Å². The number of hydrogen-bond acceptors (Lipinski definition) is 6. The van der Waals surface area contributed by atoms with Gasteiger partial charge in [-0.1, -0.05) is 0 Å². The Labute approximate surface area is 101 Å². The fourth-order valence-corrected chi connectivity index (χ4v) is 1.90. The largest absolute Gasteiger partial charge is 0.394 e. The van der Waals surface area contributed by atoms with Crippen LogP contribution < -0.4 is 10.2 Å². The molecule has 1 unspecified atom stereocenters. The monoisotopic (exact) mass is 238 g/mol. The molecule has 94 valence electrons. The van der Waals surface area contributed by atoms with Crippen molar-refractivity contribution in [2.24, 2.45) is 0 Å². The van der Waals surface area contributed by atoms with E-state index in [4.69, 9.17) is 9.84 Å². The van der Waals surface area contributed by atoms with Gasteiger partial charge in [-0.15, -0.1) is 0 Å². The van der Waals surface area contributed by atoms with Crippen LogP contribution in [0, 0.1) is 6.92 Å². The first-order valence-corrected chi connectivity index (χ1v) is 5.73. The van der Waals surface area contributed by atoms with Crippen LogP contribution in [0.5, 0.6) is 0 Å². The van der Waals surface area contributed by atoms with Crippen molar-refractivity contribution >= 4 is 11.8 Å². The number of aliphatic hydroxyl groups is 1. The highest BCUT2D eigenvalue weighted by atomic mass is 16.5. The number of aliphatic hydroxyl groups excluding tert-OH is 1. The van der Waals surface area contributed by atoms with E-state index in [0.717, 1.165) is 17.9 Å². The van der Waals surface area contributed by atoms with Gasteiger partial charge in [0, 0.05) is 31.9 Å². The van der Waals surface area contributed by atoms with Gasteiger partial charge >= 0.3 is 0 Å². The Kier molecular flexibility index (Phi) is 3.75. The summed E-state index contributed by atoms with van der Waals surface area (Å²) in [5.74, 6) is 1.52. The first-order chi connectivity index (χ1) is 8.24. The van der Waals surface area contributed by atoms with E-state index in [1.165, 1.54) is 0 Å². The molecule has 0 spiro atoms. The summed E-state index contributed by atoms with van der Waals surface area (Å²) in [6, 6.07) is 0. The number of aryl methyl sites for hydroxylation is 1. The van der Waals surface area contributed by atoms with E-state index in [1.54, 1.807) is 13.2 Å². The first kappa shape index (κ1) is 12.1. The Morgan fingerprint density at radius 3 is 3.18 bits per heavy atom. The van der Waals surface area contributed by atoms with Crippen LogP contribution in [-0.2, 0) is 4.74 Å². The van der Waals surface area contributed by atoms with Gasteiger partial charge in [0.25, 0.3) is 0 Å². The quantitative estimate of drug-likeness (QED) is 0.774. The van der Waals surface area contributed by atoms with Crippen LogP contribution in [0.4, 0.5) is 11.8 Å². The topological polar surface area (TPSA) is 70.5 Å². The molecule has 2 heterocycles. The molecule has 1 saturated heterocycles. The number of nitrogens with one attached hydrogen (secondary N) is 1. The number of ether oxygens (including phenoxy) is 1. The maximum atomic E-state index is 9.13. The molecule has 0 radical (unpaired) electrons. The van der Waals surface area contributed by atoms with E-state index in [2.05, 4.69) is 20.2 Å². The number of morpholine rings is 1. The van der Waals surface area contributed by atoms with E-state index in [1.807, 2.05) is 6.92 Å². The molecule has 6 heteroatoms. The lowest BCUT2D eigenvalue weighted by molar-refractivity contribution is 0.00333. The molecule has 0 saturated carbocycles. The van der Waals surface area contributed by atoms with E-state index in [0.29, 0.717) is 19.1 Å². The van der Waals surface area contributed by atoms with Gasteiger partial charge in [0.1, 0.15) is 5.82 Å². The van der Waals surface area contributed by atoms with Crippen molar-refractivity contribution in [3.05, 3.63) is 11.8 Å². The van der Waals surface area contributed by atoms with Crippen molar-refractivity contribution in [3.63, 3.8) is 0 Å². The molecule has 0 aliphatic carbocycles. The zero-order chi connectivity index (χ0) is 12.3. The Bertz CT molecular complexity index is 386. The second-order valence-corrected chi connectivity index (χ2v) is 4.07. The second-order valence-electron chi connectivity index (χ2n) is 4.07. The van der Waals surface area contributed by atoms with Crippen molar-refractivity contribution in [1.82, 2.24) is 9.97 Å². The predicted molar refractivity (Wildman–Crippen MR) is 65.4 cm³/mol. The molecular weight excluding hydrogens is 220 g/mol. The van der Waals surface area contributed by atoms with Gasteiger partial charge < -0.3 is 20.1 Å². The summed E-state index contributed by atoms with van der Waals surface area (Å²) in [5.41, 5.74) is 1.03. The minimum absolute atomic E-state index is 0.0412. The highest BCUT2D eigenvalue weighted by Gasteiger charge is 2.22. The van der Waals surface area contributed by atoms with Crippen molar-refractivity contribution in [2.75, 3.05) is 43.6 Å². The Hall–Kier alpha value is -1.40. The molecule has 1 aliphatic heterocycles. The molecule has 17 heavy (non-hydrogen) atoms. The first-order valence-electron chi connectivity index (χ1n) is 5.73. The summed E-state index contributed by atoms with van der Waals surface area (Å²) >= 11 is 0. The fourth-order valence-electron chi connectivity index (χ4n) is 1.90. The molecule has 2 rings (SSSR count). The van der Waals surface area contributed by atoms with E-state index in [9.17, 15) is 0 Å². The molecular formula is C11H18N4O2. The number of nitrogens with zero attached hydrogens (tertiary/aromatic N) is 3. The summed E-state index contributed by atoms with van der Waals surface area (Å²) in [6.07, 6.45) is 1.67. The third-order valence-electron chi connectivity index (χ3n) is 2.81. The summed E-state index contributed by atoms with van der Waals surface area (Å²) in [7, 11) is 1.80. The van der Waals surface area contributed by atoms with Crippen molar-refractivity contribution < 1.29 is 9.84 Å². The summed E-state index contributed by atoms with van der Waals surface area (Å²) in [6.45, 7) is 4.09. The molecule has 0 amide bonds. The summed E-state index contributed by atoms with van der Waals surface area (Å²) in [4.78, 5) is 10.7. The average Bonchev–Trinajstić information content (AvgIpc) is 2.39. The molecule has 1 aromatic rings. The number of anilines is 2. The number of hydrogen-bond donors (Lipinski definition) is 2. The van der Waals surface area contributed by atoms with Crippen LogP contribution in [0.25, 0.3) is 0 Å². The van der Waals surface area contributed by atoms with Gasteiger partial charge in [0.2, 0.25) is 5.95 Å². The fraction of sp³-hybridized carbons (Fsp3) is 0.636. The van der Waals surface area contributed by atoms with Crippen molar-refractivity contribution in [3.8, 4) is 0 Å². The standard InChI is InChI=1S/C11H18N4O2/c1-8-5-13-11(12-2)14-10(8)15-3-4-17-9(6-15)7-16/h5,9,16H,3-4,6-7H2,1-2H3,(H,12,13,14). The normalized spacial score (nSPS) is 20.4. The molecule has 6 nitrogen and oxygen atoms in total. The molecule has 1 atom stereocenters. The lowest BCUT2D eigenvalue weighted by Crippen LogP contribution is -2.44. The minimum Gasteiger partial charge on any atom is -0.394 e. The number of aromatic nitrogens is 2. The van der Waals surface area contributed by atoms with Crippen LogP contribution >= 0.6 is 0 Å². The van der Waals surface area contributed by atoms with Gasteiger partial charge in [-0.3, -0.25) is 0 Å². The second kappa shape index (κ2) is 5.29. The maximum absolute atomic E-state index is 9.13. The van der Waals surface area contributed by atoms with Crippen LogP contribution in [0.15, 0.2) is 6.20 Å². The van der Waals surface area contributed by atoms with Crippen molar-refractivity contribution in [1.29, 1.82) is 0 Å².